The van der Waals surface area contributed by atoms with Gasteiger partial charge in [-0.1, -0.05) is 6.58 Å². The van der Waals surface area contributed by atoms with Gasteiger partial charge in [-0.05, 0) is 27.0 Å². The molecule has 0 aliphatic carbocycles. The van der Waals surface area contributed by atoms with Crippen molar-refractivity contribution in [1.29, 1.82) is 0 Å². The van der Waals surface area contributed by atoms with Crippen molar-refractivity contribution in [3.63, 3.8) is 0 Å². The highest BCUT2D eigenvalue weighted by atomic mass is 16.3. The largest absolute Gasteiger partial charge is 0.483 e. The minimum absolute atomic E-state index is 0.250. The summed E-state index contributed by atoms with van der Waals surface area (Å²) in [5.41, 5.74) is 0.327. The Morgan fingerprint density at radius 3 is 1.87 bits per heavy atom. The molecule has 1 heterocycles. The van der Waals surface area contributed by atoms with Crippen molar-refractivity contribution in [2.45, 2.75) is 26.3 Å². The average molecular weight is 214 g/mol. The van der Waals surface area contributed by atoms with Crippen LogP contribution in [0.2, 0.25) is 0 Å². The number of carbonyl (C=O) groups is 1. The summed E-state index contributed by atoms with van der Waals surface area (Å²) in [5, 5.41) is 6.89. The van der Waals surface area contributed by atoms with Crippen LogP contribution in [0.1, 0.15) is 20.8 Å². The lowest BCUT2D eigenvalue weighted by Gasteiger charge is -2.41. The van der Waals surface area contributed by atoms with Crippen molar-refractivity contribution in [1.82, 2.24) is 9.80 Å². The first kappa shape index (κ1) is 14.0. The van der Waals surface area contributed by atoms with E-state index in [9.17, 15) is 0 Å². The molecule has 0 aromatic rings. The second-order valence-corrected chi connectivity index (χ2v) is 4.48. The molecular weight excluding hydrogens is 192 g/mol. The van der Waals surface area contributed by atoms with Gasteiger partial charge < -0.3 is 10.0 Å². The van der Waals surface area contributed by atoms with E-state index in [1.807, 2.05) is 6.20 Å². The van der Waals surface area contributed by atoms with Crippen molar-refractivity contribution >= 4 is 6.47 Å². The molecule has 0 saturated carbocycles. The lowest BCUT2D eigenvalue weighted by molar-refractivity contribution is -0.122. The van der Waals surface area contributed by atoms with E-state index in [-0.39, 0.29) is 6.47 Å². The summed E-state index contributed by atoms with van der Waals surface area (Å²) in [6.45, 7) is 14.9. The zero-order chi connectivity index (χ0) is 11.9. The van der Waals surface area contributed by atoms with Gasteiger partial charge in [-0.3, -0.25) is 9.69 Å². The molecule has 1 N–H and O–H groups in total. The Kier molecular flexibility index (Phi) is 6.01. The summed E-state index contributed by atoms with van der Waals surface area (Å²) in [4.78, 5) is 13.2. The van der Waals surface area contributed by atoms with Crippen LogP contribution < -0.4 is 0 Å². The number of carboxylic acid groups (broad SMARTS) is 1. The van der Waals surface area contributed by atoms with Gasteiger partial charge in [0.25, 0.3) is 6.47 Å². The third kappa shape index (κ3) is 5.42. The quantitative estimate of drug-likeness (QED) is 0.667. The van der Waals surface area contributed by atoms with E-state index in [4.69, 9.17) is 9.90 Å². The molecule has 4 nitrogen and oxygen atoms in total. The number of nitrogens with zero attached hydrogens (tertiary/aromatic N) is 2. The van der Waals surface area contributed by atoms with Crippen LogP contribution in [-0.4, -0.2) is 53.1 Å². The van der Waals surface area contributed by atoms with Crippen LogP contribution in [0.15, 0.2) is 12.8 Å². The van der Waals surface area contributed by atoms with E-state index in [1.165, 1.54) is 0 Å². The maximum absolute atomic E-state index is 8.36. The zero-order valence-corrected chi connectivity index (χ0v) is 9.94. The van der Waals surface area contributed by atoms with Gasteiger partial charge in [-0.2, -0.15) is 0 Å². The molecule has 0 bridgehead atoms. The molecule has 0 amide bonds. The van der Waals surface area contributed by atoms with Gasteiger partial charge in [0.2, 0.25) is 0 Å². The second-order valence-electron chi connectivity index (χ2n) is 4.48. The molecule has 1 fully saturated rings. The van der Waals surface area contributed by atoms with Crippen molar-refractivity contribution < 1.29 is 9.90 Å². The zero-order valence-electron chi connectivity index (χ0n) is 9.94. The molecule has 0 radical (unpaired) electrons. The predicted molar refractivity (Wildman–Crippen MR) is 61.8 cm³/mol. The molecule has 1 saturated heterocycles. The van der Waals surface area contributed by atoms with E-state index in [0.29, 0.717) is 5.54 Å². The van der Waals surface area contributed by atoms with E-state index in [1.54, 1.807) is 0 Å². The first-order valence-corrected chi connectivity index (χ1v) is 5.15. The number of hydrogen-bond donors (Lipinski definition) is 1. The highest BCUT2D eigenvalue weighted by Gasteiger charge is 2.24. The third-order valence-corrected chi connectivity index (χ3v) is 2.52. The predicted octanol–water partition coefficient (Wildman–Crippen LogP) is 1.25. The standard InChI is InChI=1S/C10H20N2.CH2O2/c1-5-11-6-8-12(9-7-11)10(2,3)4;2-1-3/h5H,1,6-9H2,2-4H3;1H,(H,2,3). The molecular formula is C11H22N2O2. The summed E-state index contributed by atoms with van der Waals surface area (Å²) in [5.74, 6) is 0. The smallest absolute Gasteiger partial charge is 0.290 e. The molecule has 0 aromatic carbocycles. The van der Waals surface area contributed by atoms with Gasteiger partial charge in [0, 0.05) is 31.7 Å². The van der Waals surface area contributed by atoms with Crippen LogP contribution in [0.3, 0.4) is 0 Å². The van der Waals surface area contributed by atoms with Crippen LogP contribution in [0.25, 0.3) is 0 Å². The normalized spacial score (nSPS) is 17.7. The van der Waals surface area contributed by atoms with Crippen molar-refractivity contribution in [3.8, 4) is 0 Å². The summed E-state index contributed by atoms with van der Waals surface area (Å²) < 4.78 is 0. The van der Waals surface area contributed by atoms with Crippen molar-refractivity contribution in [2.24, 2.45) is 0 Å². The maximum atomic E-state index is 8.36. The fourth-order valence-electron chi connectivity index (χ4n) is 1.58. The summed E-state index contributed by atoms with van der Waals surface area (Å²) >= 11 is 0. The van der Waals surface area contributed by atoms with E-state index in [2.05, 4.69) is 37.1 Å². The summed E-state index contributed by atoms with van der Waals surface area (Å²) in [6.07, 6.45) is 1.94. The molecule has 4 heteroatoms. The molecule has 1 aliphatic heterocycles. The monoisotopic (exact) mass is 214 g/mol. The van der Waals surface area contributed by atoms with Crippen LogP contribution in [0.4, 0.5) is 0 Å². The van der Waals surface area contributed by atoms with E-state index >= 15 is 0 Å². The summed E-state index contributed by atoms with van der Waals surface area (Å²) in [7, 11) is 0. The first-order chi connectivity index (χ1) is 6.95. The molecule has 0 spiro atoms. The van der Waals surface area contributed by atoms with Gasteiger partial charge in [0.05, 0.1) is 0 Å². The number of rotatable bonds is 1. The van der Waals surface area contributed by atoms with Gasteiger partial charge in [0.1, 0.15) is 0 Å². The van der Waals surface area contributed by atoms with Gasteiger partial charge in [0.15, 0.2) is 0 Å². The Morgan fingerprint density at radius 2 is 1.60 bits per heavy atom. The minimum Gasteiger partial charge on any atom is -0.483 e. The van der Waals surface area contributed by atoms with Crippen molar-refractivity contribution in [3.05, 3.63) is 12.8 Å². The molecule has 88 valence electrons. The van der Waals surface area contributed by atoms with Crippen molar-refractivity contribution in [2.75, 3.05) is 26.2 Å². The molecule has 0 atom stereocenters. The topological polar surface area (TPSA) is 43.8 Å². The van der Waals surface area contributed by atoms with E-state index < -0.39 is 0 Å². The molecule has 1 rings (SSSR count). The van der Waals surface area contributed by atoms with Crippen LogP contribution >= 0.6 is 0 Å². The highest BCUT2D eigenvalue weighted by molar-refractivity contribution is 5.32. The Morgan fingerprint density at radius 1 is 1.20 bits per heavy atom. The fourth-order valence-corrected chi connectivity index (χ4v) is 1.58. The first-order valence-electron chi connectivity index (χ1n) is 5.15. The Hall–Kier alpha value is -1.03. The minimum atomic E-state index is -0.250. The summed E-state index contributed by atoms with van der Waals surface area (Å²) in [6, 6.07) is 0. The van der Waals surface area contributed by atoms with Crippen LogP contribution in [0, 0.1) is 0 Å². The average Bonchev–Trinajstić information content (AvgIpc) is 2.18. The maximum Gasteiger partial charge on any atom is 0.290 e. The Balaban J connectivity index is 0.000000583. The number of hydrogen-bond acceptors (Lipinski definition) is 3. The van der Waals surface area contributed by atoms with Gasteiger partial charge in [-0.25, -0.2) is 0 Å². The Bertz CT molecular complexity index is 191. The molecule has 0 unspecified atom stereocenters. The molecule has 0 aromatic heterocycles. The van der Waals surface area contributed by atoms with Crippen LogP contribution in [-0.2, 0) is 4.79 Å². The lowest BCUT2D eigenvalue weighted by Crippen LogP contribution is -2.51. The SMILES string of the molecule is C=CN1CCN(C(C)(C)C)CC1.O=CO. The second kappa shape index (κ2) is 6.45. The Labute approximate surface area is 92.2 Å². The van der Waals surface area contributed by atoms with Gasteiger partial charge >= 0.3 is 0 Å². The van der Waals surface area contributed by atoms with E-state index in [0.717, 1.165) is 26.2 Å². The molecule has 1 aliphatic rings. The van der Waals surface area contributed by atoms with Gasteiger partial charge in [-0.15, -0.1) is 0 Å². The highest BCUT2D eigenvalue weighted by Crippen LogP contribution is 2.15. The molecule has 15 heavy (non-hydrogen) atoms. The third-order valence-electron chi connectivity index (χ3n) is 2.52. The van der Waals surface area contributed by atoms with Crippen LogP contribution in [0.5, 0.6) is 0 Å². The lowest BCUT2D eigenvalue weighted by atomic mass is 10.1. The number of piperazine rings is 1. The fraction of sp³-hybridized carbons (Fsp3) is 0.727.